The Morgan fingerprint density at radius 2 is 1.55 bits per heavy atom. The molecule has 22 heavy (non-hydrogen) atoms. The first-order chi connectivity index (χ1) is 10.5. The molecule has 4 nitrogen and oxygen atoms in total. The lowest BCUT2D eigenvalue weighted by Crippen LogP contribution is -2.23. The number of hydrogen-bond acceptors (Lipinski definition) is 4. The van der Waals surface area contributed by atoms with Gasteiger partial charge in [0.1, 0.15) is 5.03 Å². The van der Waals surface area contributed by atoms with Gasteiger partial charge in [0.25, 0.3) is 0 Å². The number of carbonyl (C=O) groups excluding carboxylic acids is 2. The van der Waals surface area contributed by atoms with E-state index < -0.39 is 11.6 Å². The van der Waals surface area contributed by atoms with Crippen molar-refractivity contribution >= 4 is 40.5 Å². The van der Waals surface area contributed by atoms with Gasteiger partial charge >= 0.3 is 0 Å². The molecule has 2 aromatic rings. The van der Waals surface area contributed by atoms with Crippen LogP contribution >= 0.6 is 23.2 Å². The Morgan fingerprint density at radius 3 is 2.18 bits per heavy atom. The van der Waals surface area contributed by atoms with Gasteiger partial charge in [-0.25, -0.2) is 0 Å². The van der Waals surface area contributed by atoms with E-state index in [2.05, 4.69) is 0 Å². The van der Waals surface area contributed by atoms with Crippen molar-refractivity contribution in [3.8, 4) is 5.75 Å². The first-order valence-corrected chi connectivity index (χ1v) is 7.05. The van der Waals surface area contributed by atoms with Crippen molar-refractivity contribution in [3.05, 3.63) is 69.4 Å². The molecule has 0 amide bonds. The number of allylic oxidation sites excluding steroid dienone is 2. The summed E-state index contributed by atoms with van der Waals surface area (Å²) in [7, 11) is 0. The topological polar surface area (TPSA) is 69.4 Å². The molecule has 0 atom stereocenters. The molecule has 110 valence electrons. The smallest absolute Gasteiger partial charge is 0.230 e. The molecule has 0 aromatic heterocycles. The number of Topliss-reactive ketones (excluding diaryl/α,β-unsaturated/α-hetero) is 2. The number of fused-ring (bicyclic) bond motifs is 1. The minimum absolute atomic E-state index is 0.207. The lowest BCUT2D eigenvalue weighted by atomic mass is 9.93. The van der Waals surface area contributed by atoms with Crippen molar-refractivity contribution in [1.29, 1.82) is 0 Å². The van der Waals surface area contributed by atoms with E-state index in [1.54, 1.807) is 30.3 Å². The highest BCUT2D eigenvalue weighted by molar-refractivity contribution is 6.49. The Balaban J connectivity index is 2.05. The summed E-state index contributed by atoms with van der Waals surface area (Å²) in [6, 6.07) is 11.0. The monoisotopic (exact) mass is 333 g/mol. The number of hydrogen-bond donors (Lipinski definition) is 1. The summed E-state index contributed by atoms with van der Waals surface area (Å²) >= 11 is 11.8. The van der Waals surface area contributed by atoms with Crippen LogP contribution in [0.4, 0.5) is 5.69 Å². The largest absolute Gasteiger partial charge is 0.449 e. The second-order valence-electron chi connectivity index (χ2n) is 4.63. The van der Waals surface area contributed by atoms with Crippen LogP contribution in [0.25, 0.3) is 0 Å². The maximum absolute atomic E-state index is 12.5. The molecule has 0 radical (unpaired) electrons. The van der Waals surface area contributed by atoms with E-state index >= 15 is 0 Å². The third-order valence-corrected chi connectivity index (χ3v) is 3.78. The van der Waals surface area contributed by atoms with E-state index in [9.17, 15) is 9.59 Å². The lowest BCUT2D eigenvalue weighted by Gasteiger charge is -2.18. The van der Waals surface area contributed by atoms with Gasteiger partial charge in [0, 0.05) is 16.1 Å². The van der Waals surface area contributed by atoms with Crippen molar-refractivity contribution in [2.75, 3.05) is 5.73 Å². The van der Waals surface area contributed by atoms with Crippen LogP contribution in [0.2, 0.25) is 5.02 Å². The molecular formula is C16H9Cl2NO3. The second kappa shape index (κ2) is 5.48. The van der Waals surface area contributed by atoms with Gasteiger partial charge in [-0.1, -0.05) is 47.5 Å². The molecule has 6 heteroatoms. The number of carbonyl (C=O) groups is 2. The molecule has 1 aliphatic carbocycles. The maximum atomic E-state index is 12.5. The van der Waals surface area contributed by atoms with Gasteiger partial charge in [-0.15, -0.1) is 0 Å². The third-order valence-electron chi connectivity index (χ3n) is 3.21. The van der Waals surface area contributed by atoms with Crippen LogP contribution in [0, 0.1) is 0 Å². The van der Waals surface area contributed by atoms with Crippen LogP contribution in [0.3, 0.4) is 0 Å². The second-order valence-corrected chi connectivity index (χ2v) is 5.45. The van der Waals surface area contributed by atoms with Gasteiger partial charge in [0.2, 0.25) is 11.6 Å². The number of nitrogens with two attached hydrogens (primary N) is 1. The molecule has 0 bridgehead atoms. The number of benzene rings is 2. The average molecular weight is 334 g/mol. The van der Waals surface area contributed by atoms with E-state index in [0.717, 1.165) is 0 Å². The van der Waals surface area contributed by atoms with Crippen molar-refractivity contribution in [1.82, 2.24) is 0 Å². The Kier molecular flexibility index (Phi) is 3.64. The maximum Gasteiger partial charge on any atom is 0.230 e. The number of anilines is 1. The number of nitrogen functional groups attached to an aromatic ring is 1. The summed E-state index contributed by atoms with van der Waals surface area (Å²) < 4.78 is 5.49. The van der Waals surface area contributed by atoms with Crippen LogP contribution in [-0.2, 0) is 0 Å². The van der Waals surface area contributed by atoms with Crippen molar-refractivity contribution in [2.24, 2.45) is 0 Å². The molecule has 2 aromatic carbocycles. The first-order valence-electron chi connectivity index (χ1n) is 6.30. The molecule has 3 rings (SSSR count). The molecule has 0 unspecified atom stereocenters. The van der Waals surface area contributed by atoms with Crippen LogP contribution in [0.5, 0.6) is 5.75 Å². The zero-order valence-corrected chi connectivity index (χ0v) is 12.6. The van der Waals surface area contributed by atoms with Crippen LogP contribution in [-0.4, -0.2) is 11.6 Å². The van der Waals surface area contributed by atoms with Crippen molar-refractivity contribution in [3.63, 3.8) is 0 Å². The summed E-state index contributed by atoms with van der Waals surface area (Å²) in [5.74, 6) is -0.952. The molecule has 0 fully saturated rings. The molecule has 0 aliphatic heterocycles. The van der Waals surface area contributed by atoms with E-state index in [4.69, 9.17) is 33.7 Å². The standard InChI is InChI=1S/C16H9Cl2NO3/c17-8-5-6-12(11(19)7-8)22-16-13(18)14(20)9-3-1-2-4-10(9)15(16)21/h1-7H,19H2. The summed E-state index contributed by atoms with van der Waals surface area (Å²) in [5, 5.41) is 0.166. The zero-order chi connectivity index (χ0) is 15.9. The molecule has 0 spiro atoms. The van der Waals surface area contributed by atoms with Gasteiger partial charge in [-0.05, 0) is 18.2 Å². The number of ether oxygens (including phenoxy) is 1. The average Bonchev–Trinajstić information content (AvgIpc) is 2.51. The lowest BCUT2D eigenvalue weighted by molar-refractivity contribution is 0.0943. The van der Waals surface area contributed by atoms with E-state index in [-0.39, 0.29) is 33.4 Å². The van der Waals surface area contributed by atoms with Gasteiger partial charge in [0.05, 0.1) is 5.69 Å². The zero-order valence-electron chi connectivity index (χ0n) is 11.1. The van der Waals surface area contributed by atoms with Gasteiger partial charge in [-0.2, -0.15) is 0 Å². The van der Waals surface area contributed by atoms with Crippen molar-refractivity contribution in [2.45, 2.75) is 0 Å². The quantitative estimate of drug-likeness (QED) is 0.848. The molecule has 1 aliphatic rings. The molecule has 0 saturated heterocycles. The summed E-state index contributed by atoms with van der Waals surface area (Å²) in [6.45, 7) is 0. The van der Waals surface area contributed by atoms with Crippen molar-refractivity contribution < 1.29 is 14.3 Å². The van der Waals surface area contributed by atoms with Crippen LogP contribution < -0.4 is 10.5 Å². The third kappa shape index (κ3) is 2.36. The van der Waals surface area contributed by atoms with Gasteiger partial charge < -0.3 is 10.5 Å². The fourth-order valence-corrected chi connectivity index (χ4v) is 2.54. The van der Waals surface area contributed by atoms with Gasteiger partial charge in [-0.3, -0.25) is 9.59 Å². The van der Waals surface area contributed by atoms with Crippen LogP contribution in [0.1, 0.15) is 20.7 Å². The van der Waals surface area contributed by atoms with Gasteiger partial charge in [0.15, 0.2) is 11.5 Å². The van der Waals surface area contributed by atoms with E-state index in [1.165, 1.54) is 12.1 Å². The fraction of sp³-hybridized carbons (Fsp3) is 0. The predicted octanol–water partition coefficient (Wildman–Crippen LogP) is 3.83. The Morgan fingerprint density at radius 1 is 0.909 bits per heavy atom. The summed E-state index contributed by atoms with van der Waals surface area (Å²) in [6.07, 6.45) is 0. The fourth-order valence-electron chi connectivity index (χ4n) is 2.14. The van der Waals surface area contributed by atoms with E-state index in [0.29, 0.717) is 5.02 Å². The SMILES string of the molecule is Nc1cc(Cl)ccc1OC1=C(Cl)C(=O)c2ccccc2C1=O. The Bertz CT molecular complexity index is 843. The molecule has 2 N–H and O–H groups in total. The Hall–Kier alpha value is -2.30. The van der Waals surface area contributed by atoms with Crippen LogP contribution in [0.15, 0.2) is 53.3 Å². The Labute approximate surface area is 136 Å². The minimum Gasteiger partial charge on any atom is -0.449 e. The first kappa shape index (κ1) is 14.6. The molecular weight excluding hydrogens is 325 g/mol. The number of halogens is 2. The number of rotatable bonds is 2. The predicted molar refractivity (Wildman–Crippen MR) is 84.5 cm³/mol. The summed E-state index contributed by atoms with van der Waals surface area (Å²) in [5.41, 5.74) is 6.53. The minimum atomic E-state index is -0.463. The molecule has 0 saturated carbocycles. The normalized spacial score (nSPS) is 14.1. The highest BCUT2D eigenvalue weighted by Crippen LogP contribution is 2.33. The van der Waals surface area contributed by atoms with E-state index in [1.807, 2.05) is 0 Å². The molecule has 0 heterocycles. The highest BCUT2D eigenvalue weighted by atomic mass is 35.5. The highest BCUT2D eigenvalue weighted by Gasteiger charge is 2.33. The summed E-state index contributed by atoms with van der Waals surface area (Å²) in [4.78, 5) is 24.7. The number of ketones is 2.